The number of rotatable bonds is 2. The van der Waals surface area contributed by atoms with Crippen LogP contribution < -0.4 is 0 Å². The maximum Gasteiger partial charge on any atom is 0.336 e. The first-order valence-electron chi connectivity index (χ1n) is 6.76. The van der Waals surface area contributed by atoms with Crippen LogP contribution in [0, 0.1) is 13.8 Å². The summed E-state index contributed by atoms with van der Waals surface area (Å²) in [6.07, 6.45) is 0. The maximum atomic E-state index is 11.5. The van der Waals surface area contributed by atoms with Gasteiger partial charge in [0.2, 0.25) is 0 Å². The molecule has 0 aliphatic heterocycles. The van der Waals surface area contributed by atoms with Gasteiger partial charge in [0.1, 0.15) is 0 Å². The molecule has 0 radical (unpaired) electrons. The molecule has 1 aromatic heterocycles. The summed E-state index contributed by atoms with van der Waals surface area (Å²) in [5.74, 6) is -0.931. The minimum atomic E-state index is -0.931. The topological polar surface area (TPSA) is 50.2 Å². The van der Waals surface area contributed by atoms with Crippen molar-refractivity contribution in [2.75, 3.05) is 0 Å². The van der Waals surface area contributed by atoms with E-state index in [1.54, 1.807) is 12.1 Å². The van der Waals surface area contributed by atoms with Crippen LogP contribution >= 0.6 is 0 Å². The second-order valence-electron chi connectivity index (χ2n) is 5.25. The molecule has 0 unspecified atom stereocenters. The van der Waals surface area contributed by atoms with Crippen molar-refractivity contribution in [3.05, 3.63) is 65.2 Å². The number of carbonyl (C=O) groups is 1. The van der Waals surface area contributed by atoms with E-state index in [0.717, 1.165) is 16.7 Å². The quantitative estimate of drug-likeness (QED) is 0.763. The number of aromatic carboxylic acids is 1. The molecule has 0 saturated carbocycles. The molecule has 2 aromatic carbocycles. The van der Waals surface area contributed by atoms with Gasteiger partial charge in [-0.1, -0.05) is 35.4 Å². The van der Waals surface area contributed by atoms with Crippen LogP contribution in [0.4, 0.5) is 0 Å². The Bertz CT molecular complexity index is 833. The first-order chi connectivity index (χ1) is 10.0. The Morgan fingerprint density at radius 1 is 1.00 bits per heavy atom. The Hall–Kier alpha value is -2.68. The van der Waals surface area contributed by atoms with Gasteiger partial charge in [-0.05, 0) is 38.1 Å². The van der Waals surface area contributed by atoms with Crippen molar-refractivity contribution in [2.45, 2.75) is 13.8 Å². The molecule has 0 fully saturated rings. The number of fused-ring (bicyclic) bond motifs is 1. The highest BCUT2D eigenvalue weighted by Gasteiger charge is 2.12. The van der Waals surface area contributed by atoms with Crippen LogP contribution in [0.5, 0.6) is 0 Å². The monoisotopic (exact) mass is 277 g/mol. The highest BCUT2D eigenvalue weighted by atomic mass is 16.4. The van der Waals surface area contributed by atoms with Gasteiger partial charge in [-0.3, -0.25) is 0 Å². The number of nitrogens with zero attached hydrogens (tertiary/aromatic N) is 1. The van der Waals surface area contributed by atoms with Gasteiger partial charge in [0.05, 0.1) is 16.8 Å². The van der Waals surface area contributed by atoms with Crippen LogP contribution in [-0.2, 0) is 0 Å². The zero-order valence-electron chi connectivity index (χ0n) is 11.9. The van der Waals surface area contributed by atoms with Crippen molar-refractivity contribution >= 4 is 16.9 Å². The van der Waals surface area contributed by atoms with Gasteiger partial charge in [0.15, 0.2) is 0 Å². The van der Waals surface area contributed by atoms with E-state index >= 15 is 0 Å². The Kier molecular flexibility index (Phi) is 3.18. The number of hydrogen-bond acceptors (Lipinski definition) is 2. The smallest absolute Gasteiger partial charge is 0.336 e. The predicted octanol–water partition coefficient (Wildman–Crippen LogP) is 4.22. The normalized spacial score (nSPS) is 10.8. The van der Waals surface area contributed by atoms with Crippen molar-refractivity contribution < 1.29 is 9.90 Å². The lowest BCUT2D eigenvalue weighted by molar-refractivity contribution is 0.0699. The zero-order chi connectivity index (χ0) is 15.0. The molecule has 0 aliphatic rings. The van der Waals surface area contributed by atoms with Gasteiger partial charge in [-0.2, -0.15) is 0 Å². The van der Waals surface area contributed by atoms with Crippen LogP contribution in [0.2, 0.25) is 0 Å². The second kappa shape index (κ2) is 5.02. The summed E-state index contributed by atoms with van der Waals surface area (Å²) in [4.78, 5) is 16.1. The summed E-state index contributed by atoms with van der Waals surface area (Å²) in [5, 5.41) is 10.1. The fourth-order valence-corrected chi connectivity index (χ4v) is 2.62. The lowest BCUT2D eigenvalue weighted by Crippen LogP contribution is -2.00. The number of pyridine rings is 1. The molecule has 0 spiro atoms. The fourth-order valence-electron chi connectivity index (χ4n) is 2.62. The first-order valence-corrected chi connectivity index (χ1v) is 6.76. The summed E-state index contributed by atoms with van der Waals surface area (Å²) in [6, 6.07) is 15.1. The summed E-state index contributed by atoms with van der Waals surface area (Å²) < 4.78 is 0. The fraction of sp³-hybridized carbons (Fsp3) is 0.111. The molecule has 0 amide bonds. The van der Waals surface area contributed by atoms with Gasteiger partial charge >= 0.3 is 5.97 Å². The van der Waals surface area contributed by atoms with Crippen LogP contribution in [-0.4, -0.2) is 16.1 Å². The predicted molar refractivity (Wildman–Crippen MR) is 83.6 cm³/mol. The van der Waals surface area contributed by atoms with E-state index in [1.807, 2.05) is 44.2 Å². The molecule has 3 rings (SSSR count). The van der Waals surface area contributed by atoms with Crippen molar-refractivity contribution in [1.82, 2.24) is 4.98 Å². The number of carboxylic acids is 1. The molecule has 0 bridgehead atoms. The molecule has 104 valence electrons. The molecule has 3 heteroatoms. The lowest BCUT2D eigenvalue weighted by atomic mass is 10.0. The molecular formula is C18H15NO2. The number of para-hydroxylation sites is 1. The number of hydrogen-bond donors (Lipinski definition) is 1. The molecule has 0 aliphatic carbocycles. The minimum Gasteiger partial charge on any atom is -0.478 e. The molecule has 1 heterocycles. The van der Waals surface area contributed by atoms with Crippen LogP contribution in [0.15, 0.2) is 48.5 Å². The summed E-state index contributed by atoms with van der Waals surface area (Å²) >= 11 is 0. The SMILES string of the molecule is Cc1cc(C)cc(-c2cc(C(=O)O)c3ccccc3n2)c1. The van der Waals surface area contributed by atoms with Gasteiger partial charge in [-0.15, -0.1) is 0 Å². The van der Waals surface area contributed by atoms with E-state index < -0.39 is 5.97 Å². The van der Waals surface area contributed by atoms with Crippen molar-refractivity contribution in [2.24, 2.45) is 0 Å². The highest BCUT2D eigenvalue weighted by molar-refractivity contribution is 6.03. The van der Waals surface area contributed by atoms with E-state index in [2.05, 4.69) is 11.1 Å². The first kappa shape index (κ1) is 13.3. The number of aromatic nitrogens is 1. The molecule has 3 aromatic rings. The summed E-state index contributed by atoms with van der Waals surface area (Å²) in [7, 11) is 0. The van der Waals surface area contributed by atoms with Crippen molar-refractivity contribution in [1.29, 1.82) is 0 Å². The Morgan fingerprint density at radius 2 is 1.67 bits per heavy atom. The average molecular weight is 277 g/mol. The zero-order valence-corrected chi connectivity index (χ0v) is 11.9. The number of aryl methyl sites for hydroxylation is 2. The second-order valence-corrected chi connectivity index (χ2v) is 5.25. The third kappa shape index (κ3) is 2.50. The molecular weight excluding hydrogens is 262 g/mol. The molecule has 1 N–H and O–H groups in total. The largest absolute Gasteiger partial charge is 0.478 e. The van der Waals surface area contributed by atoms with Crippen LogP contribution in [0.25, 0.3) is 22.2 Å². The van der Waals surface area contributed by atoms with Crippen molar-refractivity contribution in [3.8, 4) is 11.3 Å². The highest BCUT2D eigenvalue weighted by Crippen LogP contribution is 2.26. The van der Waals surface area contributed by atoms with E-state index in [4.69, 9.17) is 0 Å². The Labute approximate surface area is 122 Å². The van der Waals surface area contributed by atoms with Gasteiger partial charge in [-0.25, -0.2) is 9.78 Å². The van der Waals surface area contributed by atoms with E-state index in [0.29, 0.717) is 16.6 Å². The number of benzene rings is 2. The third-order valence-corrected chi connectivity index (χ3v) is 3.46. The van der Waals surface area contributed by atoms with Gasteiger partial charge in [0.25, 0.3) is 0 Å². The van der Waals surface area contributed by atoms with E-state index in [-0.39, 0.29) is 5.56 Å². The minimum absolute atomic E-state index is 0.287. The van der Waals surface area contributed by atoms with Gasteiger partial charge < -0.3 is 5.11 Å². The number of carboxylic acid groups (broad SMARTS) is 1. The molecule has 0 atom stereocenters. The average Bonchev–Trinajstić information content (AvgIpc) is 2.45. The summed E-state index contributed by atoms with van der Waals surface area (Å²) in [6.45, 7) is 4.05. The molecule has 3 nitrogen and oxygen atoms in total. The van der Waals surface area contributed by atoms with Crippen LogP contribution in [0.3, 0.4) is 0 Å². The van der Waals surface area contributed by atoms with E-state index in [9.17, 15) is 9.90 Å². The van der Waals surface area contributed by atoms with E-state index in [1.165, 1.54) is 0 Å². The third-order valence-electron chi connectivity index (χ3n) is 3.46. The summed E-state index contributed by atoms with van der Waals surface area (Å²) in [5.41, 5.74) is 4.90. The Morgan fingerprint density at radius 3 is 2.33 bits per heavy atom. The maximum absolute atomic E-state index is 11.5. The lowest BCUT2D eigenvalue weighted by Gasteiger charge is -2.08. The Balaban J connectivity index is 2.30. The van der Waals surface area contributed by atoms with Gasteiger partial charge in [0, 0.05) is 10.9 Å². The van der Waals surface area contributed by atoms with Crippen LogP contribution in [0.1, 0.15) is 21.5 Å². The molecule has 0 saturated heterocycles. The van der Waals surface area contributed by atoms with Crippen molar-refractivity contribution in [3.63, 3.8) is 0 Å². The molecule has 21 heavy (non-hydrogen) atoms. The standard InChI is InChI=1S/C18H15NO2/c1-11-7-12(2)9-13(8-11)17-10-15(18(20)21)14-5-3-4-6-16(14)19-17/h3-10H,1-2H3,(H,20,21).